The number of benzene rings is 1. The molecule has 0 amide bonds. The molecule has 0 heterocycles. The summed E-state index contributed by atoms with van der Waals surface area (Å²) >= 11 is 3.60. The van der Waals surface area contributed by atoms with Gasteiger partial charge in [0, 0.05) is 10.4 Å². The van der Waals surface area contributed by atoms with Crippen LogP contribution >= 0.6 is 15.9 Å². The van der Waals surface area contributed by atoms with Gasteiger partial charge in [0.1, 0.15) is 0 Å². The molecule has 0 fully saturated rings. The van der Waals surface area contributed by atoms with E-state index >= 15 is 0 Å². The SMILES string of the molecule is C[C@@H](c1ccccc1Br)C1C=CC=C1. The zero-order valence-electron chi connectivity index (χ0n) is 8.15. The highest BCUT2D eigenvalue weighted by molar-refractivity contribution is 9.10. The fourth-order valence-electron chi connectivity index (χ4n) is 1.83. The number of allylic oxidation sites excluding steroid dienone is 4. The molecule has 0 nitrogen and oxygen atoms in total. The van der Waals surface area contributed by atoms with E-state index in [1.165, 1.54) is 10.0 Å². The molecular weight excluding hydrogens is 236 g/mol. The summed E-state index contributed by atoms with van der Waals surface area (Å²) in [4.78, 5) is 0. The standard InChI is InChI=1S/C13H13Br/c1-10(11-6-2-3-7-11)12-8-4-5-9-13(12)14/h2-11H,1H3/t10-/m1/s1. The summed E-state index contributed by atoms with van der Waals surface area (Å²) in [7, 11) is 0. The van der Waals surface area contributed by atoms with Crippen molar-refractivity contribution in [2.45, 2.75) is 12.8 Å². The normalized spacial score (nSPS) is 17.6. The predicted molar refractivity (Wildman–Crippen MR) is 64.3 cm³/mol. The molecule has 0 aromatic heterocycles. The Hall–Kier alpha value is -0.820. The van der Waals surface area contributed by atoms with Crippen LogP contribution in [0, 0.1) is 5.92 Å². The van der Waals surface area contributed by atoms with Gasteiger partial charge in [-0.2, -0.15) is 0 Å². The van der Waals surface area contributed by atoms with Crippen molar-refractivity contribution in [1.82, 2.24) is 0 Å². The van der Waals surface area contributed by atoms with E-state index in [1.54, 1.807) is 0 Å². The van der Waals surface area contributed by atoms with Gasteiger partial charge in [0.2, 0.25) is 0 Å². The molecule has 2 rings (SSSR count). The molecule has 1 aliphatic rings. The summed E-state index contributed by atoms with van der Waals surface area (Å²) in [6.45, 7) is 2.27. The first-order chi connectivity index (χ1) is 6.79. The summed E-state index contributed by atoms with van der Waals surface area (Å²) in [5.74, 6) is 1.09. The summed E-state index contributed by atoms with van der Waals surface area (Å²) in [6, 6.07) is 8.45. The minimum atomic E-state index is 0.542. The van der Waals surface area contributed by atoms with Crippen LogP contribution in [0.15, 0.2) is 53.0 Å². The minimum absolute atomic E-state index is 0.542. The first-order valence-corrected chi connectivity index (χ1v) is 5.68. The van der Waals surface area contributed by atoms with Crippen LogP contribution in [0.1, 0.15) is 18.4 Å². The van der Waals surface area contributed by atoms with Gasteiger partial charge in [-0.05, 0) is 17.5 Å². The lowest BCUT2D eigenvalue weighted by Gasteiger charge is -2.17. The molecule has 0 radical (unpaired) electrons. The molecule has 0 spiro atoms. The predicted octanol–water partition coefficient (Wildman–Crippen LogP) is 4.29. The Labute approximate surface area is 93.5 Å². The van der Waals surface area contributed by atoms with Crippen molar-refractivity contribution in [3.05, 3.63) is 58.6 Å². The monoisotopic (exact) mass is 248 g/mol. The molecule has 0 saturated carbocycles. The van der Waals surface area contributed by atoms with E-state index in [9.17, 15) is 0 Å². The first kappa shape index (κ1) is 9.72. The fraction of sp³-hybridized carbons (Fsp3) is 0.231. The Morgan fingerprint density at radius 1 is 1.14 bits per heavy atom. The zero-order valence-corrected chi connectivity index (χ0v) is 9.74. The fourth-order valence-corrected chi connectivity index (χ4v) is 2.48. The van der Waals surface area contributed by atoms with Crippen LogP contribution < -0.4 is 0 Å². The highest BCUT2D eigenvalue weighted by Crippen LogP contribution is 2.33. The van der Waals surface area contributed by atoms with Gasteiger partial charge in [0.15, 0.2) is 0 Å². The molecule has 14 heavy (non-hydrogen) atoms. The summed E-state index contributed by atoms with van der Waals surface area (Å²) in [6.07, 6.45) is 8.75. The van der Waals surface area contributed by atoms with Crippen LogP contribution in [-0.2, 0) is 0 Å². The Bertz CT molecular complexity index is 365. The topological polar surface area (TPSA) is 0 Å². The van der Waals surface area contributed by atoms with Crippen molar-refractivity contribution in [1.29, 1.82) is 0 Å². The Balaban J connectivity index is 2.26. The second kappa shape index (κ2) is 4.14. The average Bonchev–Trinajstić information content (AvgIpc) is 2.70. The largest absolute Gasteiger partial charge is 0.0770 e. The average molecular weight is 249 g/mol. The maximum Gasteiger partial charge on any atom is 0.0210 e. The zero-order chi connectivity index (χ0) is 9.97. The van der Waals surface area contributed by atoms with Gasteiger partial charge in [-0.3, -0.25) is 0 Å². The van der Waals surface area contributed by atoms with Crippen molar-refractivity contribution >= 4 is 15.9 Å². The van der Waals surface area contributed by atoms with Crippen LogP contribution in [0.2, 0.25) is 0 Å². The Morgan fingerprint density at radius 2 is 1.79 bits per heavy atom. The third kappa shape index (κ3) is 1.83. The van der Waals surface area contributed by atoms with E-state index < -0.39 is 0 Å². The second-order valence-corrected chi connectivity index (χ2v) is 4.51. The summed E-state index contributed by atoms with van der Waals surface area (Å²) < 4.78 is 1.21. The van der Waals surface area contributed by atoms with Gasteiger partial charge in [0.25, 0.3) is 0 Å². The van der Waals surface area contributed by atoms with Gasteiger partial charge in [0.05, 0.1) is 0 Å². The Kier molecular flexibility index (Phi) is 2.87. The van der Waals surface area contributed by atoms with Crippen LogP contribution in [0.5, 0.6) is 0 Å². The smallest absolute Gasteiger partial charge is 0.0210 e. The number of hydrogen-bond donors (Lipinski definition) is 0. The van der Waals surface area contributed by atoms with E-state index in [0.717, 1.165) is 0 Å². The lowest BCUT2D eigenvalue weighted by atomic mass is 9.89. The van der Waals surface area contributed by atoms with Crippen LogP contribution in [0.4, 0.5) is 0 Å². The van der Waals surface area contributed by atoms with Gasteiger partial charge < -0.3 is 0 Å². The molecule has 1 aliphatic carbocycles. The molecule has 1 aromatic carbocycles. The summed E-state index contributed by atoms with van der Waals surface area (Å²) in [5.41, 5.74) is 1.38. The third-order valence-electron chi connectivity index (χ3n) is 2.75. The van der Waals surface area contributed by atoms with Crippen molar-refractivity contribution in [2.24, 2.45) is 5.92 Å². The van der Waals surface area contributed by atoms with E-state index in [4.69, 9.17) is 0 Å². The van der Waals surface area contributed by atoms with Gasteiger partial charge >= 0.3 is 0 Å². The maximum atomic E-state index is 3.60. The first-order valence-electron chi connectivity index (χ1n) is 4.88. The molecule has 1 heteroatoms. The summed E-state index contributed by atoms with van der Waals surface area (Å²) in [5, 5.41) is 0. The number of halogens is 1. The van der Waals surface area contributed by atoms with Crippen molar-refractivity contribution in [2.75, 3.05) is 0 Å². The molecule has 0 saturated heterocycles. The van der Waals surface area contributed by atoms with Crippen LogP contribution in [0.3, 0.4) is 0 Å². The molecule has 72 valence electrons. The molecule has 1 aromatic rings. The molecule has 0 N–H and O–H groups in total. The second-order valence-electron chi connectivity index (χ2n) is 3.66. The third-order valence-corrected chi connectivity index (χ3v) is 3.47. The minimum Gasteiger partial charge on any atom is -0.0770 e. The van der Waals surface area contributed by atoms with E-state index in [0.29, 0.717) is 11.8 Å². The van der Waals surface area contributed by atoms with E-state index in [2.05, 4.69) is 71.4 Å². The van der Waals surface area contributed by atoms with Gasteiger partial charge in [-0.1, -0.05) is 65.4 Å². The van der Waals surface area contributed by atoms with E-state index in [-0.39, 0.29) is 0 Å². The molecule has 0 unspecified atom stereocenters. The molecule has 0 bridgehead atoms. The lowest BCUT2D eigenvalue weighted by Crippen LogP contribution is -2.03. The van der Waals surface area contributed by atoms with Gasteiger partial charge in [-0.15, -0.1) is 0 Å². The molecule has 1 atom stereocenters. The van der Waals surface area contributed by atoms with Crippen molar-refractivity contribution < 1.29 is 0 Å². The lowest BCUT2D eigenvalue weighted by molar-refractivity contribution is 0.651. The molecular formula is C13H13Br. The van der Waals surface area contributed by atoms with Crippen molar-refractivity contribution in [3.63, 3.8) is 0 Å². The Morgan fingerprint density at radius 3 is 2.43 bits per heavy atom. The number of rotatable bonds is 2. The van der Waals surface area contributed by atoms with Gasteiger partial charge in [-0.25, -0.2) is 0 Å². The molecule has 0 aliphatic heterocycles. The highest BCUT2D eigenvalue weighted by atomic mass is 79.9. The van der Waals surface area contributed by atoms with E-state index in [1.807, 2.05) is 0 Å². The maximum absolute atomic E-state index is 3.60. The number of hydrogen-bond acceptors (Lipinski definition) is 0. The van der Waals surface area contributed by atoms with Crippen LogP contribution in [0.25, 0.3) is 0 Å². The van der Waals surface area contributed by atoms with Crippen molar-refractivity contribution in [3.8, 4) is 0 Å². The quantitative estimate of drug-likeness (QED) is 0.733. The highest BCUT2D eigenvalue weighted by Gasteiger charge is 2.17. The van der Waals surface area contributed by atoms with Crippen LogP contribution in [-0.4, -0.2) is 0 Å².